The number of halogens is 1. The number of quaternary nitrogens is 1. The molecule has 2 aromatic carbocycles. The summed E-state index contributed by atoms with van der Waals surface area (Å²) >= 11 is 0. The van der Waals surface area contributed by atoms with Crippen LogP contribution >= 0.6 is 0 Å². The van der Waals surface area contributed by atoms with Gasteiger partial charge in [-0.05, 0) is 19.8 Å². The van der Waals surface area contributed by atoms with E-state index in [1.54, 1.807) is 0 Å². The fourth-order valence-corrected chi connectivity index (χ4v) is 2.22. The van der Waals surface area contributed by atoms with Gasteiger partial charge >= 0.3 is 0 Å². The van der Waals surface area contributed by atoms with E-state index in [0.29, 0.717) is 12.6 Å². The van der Waals surface area contributed by atoms with Crippen LogP contribution in [-0.4, -0.2) is 36.3 Å². The van der Waals surface area contributed by atoms with Crippen molar-refractivity contribution in [1.82, 2.24) is 0 Å². The topological polar surface area (TPSA) is 20.2 Å². The molecule has 0 aliphatic heterocycles. The van der Waals surface area contributed by atoms with Gasteiger partial charge < -0.3 is 26.6 Å². The van der Waals surface area contributed by atoms with Gasteiger partial charge in [-0.3, -0.25) is 0 Å². The first kappa shape index (κ1) is 20.4. The number of nitrogens with zero attached hydrogens (tertiary/aromatic N) is 1. The molecule has 2 aromatic rings. The quantitative estimate of drug-likeness (QED) is 0.595. The van der Waals surface area contributed by atoms with Crippen LogP contribution in [0.25, 0.3) is 0 Å². The fraction of sp³-hybridized carbons (Fsp3) is 0.333. The molecule has 0 radical (unpaired) electrons. The van der Waals surface area contributed by atoms with Gasteiger partial charge in [0, 0.05) is 11.1 Å². The second-order valence-electron chi connectivity index (χ2n) is 6.77. The minimum Gasteiger partial charge on any atom is -1.00 e. The lowest BCUT2D eigenvalue weighted by atomic mass is 9.87. The van der Waals surface area contributed by atoms with Crippen molar-refractivity contribution < 1.29 is 26.6 Å². The number of rotatable bonds is 4. The number of hydrogen-bond donors (Lipinski definition) is 1. The highest BCUT2D eigenvalue weighted by molar-refractivity contribution is 5.44. The average molecular weight is 388 g/mol. The van der Waals surface area contributed by atoms with Crippen molar-refractivity contribution in [3.8, 4) is 11.8 Å². The lowest BCUT2D eigenvalue weighted by Gasteiger charge is -2.32. The van der Waals surface area contributed by atoms with E-state index in [1.165, 1.54) is 0 Å². The van der Waals surface area contributed by atoms with Crippen molar-refractivity contribution in [3.05, 3.63) is 71.8 Å². The van der Waals surface area contributed by atoms with Crippen LogP contribution < -0.4 is 17.0 Å². The summed E-state index contributed by atoms with van der Waals surface area (Å²) in [5.74, 6) is 6.35. The molecular weight excluding hydrogens is 362 g/mol. The van der Waals surface area contributed by atoms with Gasteiger partial charge in [0.15, 0.2) is 5.60 Å². The molecule has 0 aromatic heterocycles. The highest BCUT2D eigenvalue weighted by atomic mass is 79.9. The Morgan fingerprint density at radius 1 is 0.917 bits per heavy atom. The molecule has 0 heterocycles. The molecule has 1 N–H and O–H groups in total. The van der Waals surface area contributed by atoms with Gasteiger partial charge in [0.2, 0.25) is 0 Å². The third kappa shape index (κ3) is 4.70. The van der Waals surface area contributed by atoms with Crippen molar-refractivity contribution in [2.75, 3.05) is 20.6 Å². The molecule has 3 heteroatoms. The first-order valence-electron chi connectivity index (χ1n) is 8.02. The molecule has 2 nitrogen and oxygen atoms in total. The van der Waals surface area contributed by atoms with E-state index >= 15 is 0 Å². The molecule has 2 rings (SSSR count). The van der Waals surface area contributed by atoms with E-state index in [1.807, 2.05) is 60.7 Å². The number of benzene rings is 2. The van der Waals surface area contributed by atoms with E-state index < -0.39 is 5.60 Å². The summed E-state index contributed by atoms with van der Waals surface area (Å²) in [4.78, 5) is 0. The van der Waals surface area contributed by atoms with Crippen LogP contribution in [0.5, 0.6) is 0 Å². The predicted octanol–water partition coefficient (Wildman–Crippen LogP) is 0.415. The molecule has 0 fully saturated rings. The number of hydrogen-bond acceptors (Lipinski definition) is 1. The monoisotopic (exact) mass is 387 g/mol. The highest BCUT2D eigenvalue weighted by Gasteiger charge is 2.29. The Kier molecular flexibility index (Phi) is 7.23. The Labute approximate surface area is 156 Å². The first-order valence-corrected chi connectivity index (χ1v) is 8.02. The van der Waals surface area contributed by atoms with Crippen LogP contribution in [0.2, 0.25) is 0 Å². The van der Waals surface area contributed by atoms with E-state index in [-0.39, 0.29) is 17.0 Å². The zero-order chi connectivity index (χ0) is 16.9. The molecule has 0 bridgehead atoms. The molecule has 0 saturated heterocycles. The molecular formula is C21H26BrNO. The lowest BCUT2D eigenvalue weighted by molar-refractivity contribution is -0.904. The van der Waals surface area contributed by atoms with Crippen molar-refractivity contribution >= 4 is 0 Å². The SMILES string of the molecule is CC(C)[N+](C)(C)CC#CC(O)(c1ccccc1)c1ccccc1.[Br-]. The summed E-state index contributed by atoms with van der Waals surface area (Å²) in [6.45, 7) is 5.06. The minimum atomic E-state index is -1.28. The van der Waals surface area contributed by atoms with Gasteiger partial charge in [-0.1, -0.05) is 66.6 Å². The second kappa shape index (κ2) is 8.48. The van der Waals surface area contributed by atoms with Gasteiger partial charge in [0.05, 0.1) is 20.1 Å². The summed E-state index contributed by atoms with van der Waals surface area (Å²) in [7, 11) is 4.31. The molecule has 24 heavy (non-hydrogen) atoms. The Morgan fingerprint density at radius 3 is 1.71 bits per heavy atom. The standard InChI is InChI=1S/C21H26NO.BrH/c1-18(2)22(3,4)17-11-16-21(23,19-12-7-5-8-13-19)20-14-9-6-10-15-20;/h5-10,12-15,18,23H,17H2,1-4H3;1H/q+1;/p-1. The van der Waals surface area contributed by atoms with Gasteiger partial charge in [-0.15, -0.1) is 0 Å². The molecule has 0 aliphatic carbocycles. The lowest BCUT2D eigenvalue weighted by Crippen LogP contribution is -3.00. The first-order chi connectivity index (χ1) is 10.9. The predicted molar refractivity (Wildman–Crippen MR) is 95.8 cm³/mol. The maximum Gasteiger partial charge on any atom is 0.177 e. The van der Waals surface area contributed by atoms with Crippen LogP contribution in [0.3, 0.4) is 0 Å². The molecule has 0 spiro atoms. The Bertz CT molecular complexity index is 645. The zero-order valence-electron chi connectivity index (χ0n) is 14.8. The van der Waals surface area contributed by atoms with Gasteiger partial charge in [-0.25, -0.2) is 0 Å². The van der Waals surface area contributed by atoms with Crippen molar-refractivity contribution in [2.45, 2.75) is 25.5 Å². The van der Waals surface area contributed by atoms with Crippen LogP contribution in [-0.2, 0) is 5.60 Å². The van der Waals surface area contributed by atoms with Crippen molar-refractivity contribution in [3.63, 3.8) is 0 Å². The van der Waals surface area contributed by atoms with Gasteiger partial charge in [0.1, 0.15) is 6.54 Å². The molecule has 0 amide bonds. The van der Waals surface area contributed by atoms with E-state index in [0.717, 1.165) is 15.6 Å². The largest absolute Gasteiger partial charge is 1.00 e. The highest BCUT2D eigenvalue weighted by Crippen LogP contribution is 2.28. The maximum atomic E-state index is 11.3. The van der Waals surface area contributed by atoms with E-state index in [2.05, 4.69) is 39.8 Å². The van der Waals surface area contributed by atoms with Crippen molar-refractivity contribution in [1.29, 1.82) is 0 Å². The summed E-state index contributed by atoms with van der Waals surface area (Å²) in [6.07, 6.45) is 0. The average Bonchev–Trinajstić information content (AvgIpc) is 2.56. The Morgan fingerprint density at radius 2 is 1.33 bits per heavy atom. The normalized spacial score (nSPS) is 11.4. The van der Waals surface area contributed by atoms with Crippen LogP contribution in [0.4, 0.5) is 0 Å². The van der Waals surface area contributed by atoms with Crippen LogP contribution in [0, 0.1) is 11.8 Å². The Balaban J connectivity index is 0.00000288. The van der Waals surface area contributed by atoms with E-state index in [9.17, 15) is 5.11 Å². The molecule has 0 atom stereocenters. The summed E-state index contributed by atoms with van der Waals surface area (Å²) in [5, 5.41) is 11.3. The number of aliphatic hydroxyl groups is 1. The molecule has 128 valence electrons. The third-order valence-corrected chi connectivity index (χ3v) is 4.54. The molecule has 0 unspecified atom stereocenters. The van der Waals surface area contributed by atoms with Crippen LogP contribution in [0.15, 0.2) is 60.7 Å². The smallest absolute Gasteiger partial charge is 0.177 e. The third-order valence-electron chi connectivity index (χ3n) is 4.54. The summed E-state index contributed by atoms with van der Waals surface area (Å²) in [5.41, 5.74) is 0.321. The Hall–Kier alpha value is -1.60. The molecule has 0 aliphatic rings. The fourth-order valence-electron chi connectivity index (χ4n) is 2.22. The minimum absolute atomic E-state index is 0. The maximum absolute atomic E-state index is 11.3. The zero-order valence-corrected chi connectivity index (χ0v) is 16.4. The second-order valence-corrected chi connectivity index (χ2v) is 6.77. The molecule has 0 saturated carbocycles. The van der Waals surface area contributed by atoms with E-state index in [4.69, 9.17) is 0 Å². The summed E-state index contributed by atoms with van der Waals surface area (Å²) < 4.78 is 0.798. The van der Waals surface area contributed by atoms with Crippen LogP contribution in [0.1, 0.15) is 25.0 Å². The van der Waals surface area contributed by atoms with Gasteiger partial charge in [-0.2, -0.15) is 0 Å². The summed E-state index contributed by atoms with van der Waals surface area (Å²) in [6, 6.07) is 19.8. The van der Waals surface area contributed by atoms with Gasteiger partial charge in [0.25, 0.3) is 0 Å². The van der Waals surface area contributed by atoms with Crippen molar-refractivity contribution in [2.24, 2.45) is 0 Å².